The lowest BCUT2D eigenvalue weighted by Gasteiger charge is -2.15. The zero-order valence-corrected chi connectivity index (χ0v) is 39.5. The highest BCUT2D eigenvalue weighted by Gasteiger charge is 2.16. The number of hydrogen-bond acceptors (Lipinski definition) is 5. The van der Waals surface area contributed by atoms with Crippen molar-refractivity contribution in [2.24, 2.45) is 0 Å². The van der Waals surface area contributed by atoms with Gasteiger partial charge < -0.3 is 14.6 Å². The Morgan fingerprint density at radius 2 is 0.678 bits per heavy atom. The van der Waals surface area contributed by atoms with Crippen LogP contribution in [0.2, 0.25) is 0 Å². The van der Waals surface area contributed by atoms with Crippen molar-refractivity contribution >= 4 is 11.9 Å². The van der Waals surface area contributed by atoms with Crippen molar-refractivity contribution in [1.82, 2.24) is 0 Å². The predicted molar refractivity (Wildman–Crippen MR) is 256 cm³/mol. The van der Waals surface area contributed by atoms with Gasteiger partial charge in [-0.15, -0.1) is 0 Å². The van der Waals surface area contributed by atoms with Crippen LogP contribution in [0.5, 0.6) is 0 Å². The first-order valence-electron chi connectivity index (χ1n) is 26.0. The van der Waals surface area contributed by atoms with Gasteiger partial charge in [-0.05, 0) is 51.4 Å². The monoisotopic (exact) mass is 829 g/mol. The summed E-state index contributed by atoms with van der Waals surface area (Å²) < 4.78 is 10.7. The fourth-order valence-corrected chi connectivity index (χ4v) is 7.74. The van der Waals surface area contributed by atoms with Gasteiger partial charge >= 0.3 is 11.9 Å². The Balaban J connectivity index is 3.44. The normalized spacial score (nSPS) is 12.4. The van der Waals surface area contributed by atoms with Crippen molar-refractivity contribution in [3.8, 4) is 0 Å². The van der Waals surface area contributed by atoms with Crippen LogP contribution in [0.15, 0.2) is 36.5 Å². The molecule has 0 fully saturated rings. The highest BCUT2D eigenvalue weighted by atomic mass is 16.6. The van der Waals surface area contributed by atoms with Crippen LogP contribution in [0.3, 0.4) is 0 Å². The average molecular weight is 829 g/mol. The molecule has 0 aromatic heterocycles. The van der Waals surface area contributed by atoms with E-state index < -0.39 is 6.10 Å². The molecule has 0 rings (SSSR count). The smallest absolute Gasteiger partial charge is 0.306 e. The van der Waals surface area contributed by atoms with E-state index in [4.69, 9.17) is 9.47 Å². The lowest BCUT2D eigenvalue weighted by atomic mass is 10.0. The Bertz CT molecular complexity index is 939. The zero-order chi connectivity index (χ0) is 42.8. The number of unbranched alkanes of at least 4 members (excludes halogenated alkanes) is 34. The molecule has 1 atom stereocenters. The quantitative estimate of drug-likeness (QED) is 0.0376. The molecule has 0 aliphatic heterocycles. The summed E-state index contributed by atoms with van der Waals surface area (Å²) in [6.45, 7) is 4.16. The fraction of sp³-hybridized carbons (Fsp3) is 0.852. The molecule has 0 amide bonds. The molecular formula is C54H100O5. The summed E-state index contributed by atoms with van der Waals surface area (Å²) in [7, 11) is 0. The van der Waals surface area contributed by atoms with Gasteiger partial charge in [0.2, 0.25) is 0 Å². The van der Waals surface area contributed by atoms with Gasteiger partial charge in [-0.3, -0.25) is 9.59 Å². The third-order valence-electron chi connectivity index (χ3n) is 11.7. The highest BCUT2D eigenvalue weighted by Crippen LogP contribution is 2.16. The summed E-state index contributed by atoms with van der Waals surface area (Å²) in [4.78, 5) is 24.4. The molecule has 5 nitrogen and oxygen atoms in total. The fourth-order valence-electron chi connectivity index (χ4n) is 7.74. The summed E-state index contributed by atoms with van der Waals surface area (Å²) in [5, 5.41) is 9.61. The first kappa shape index (κ1) is 57.1. The first-order chi connectivity index (χ1) is 29.1. The SMILES string of the molecule is CCCCCCC/C=C\C/C=C\C/C=C\CCCCCCCCCCCCCCCCCCC(=O)OC(CO)COC(=O)CCCCCCCCCCCCCCCC. The van der Waals surface area contributed by atoms with Gasteiger partial charge in [0.15, 0.2) is 6.10 Å². The molecule has 346 valence electrons. The van der Waals surface area contributed by atoms with Crippen LogP contribution in [0.1, 0.15) is 277 Å². The summed E-state index contributed by atoms with van der Waals surface area (Å²) in [5.41, 5.74) is 0. The summed E-state index contributed by atoms with van der Waals surface area (Å²) in [6.07, 6.45) is 63.9. The largest absolute Gasteiger partial charge is 0.462 e. The number of allylic oxidation sites excluding steroid dienone is 6. The Morgan fingerprint density at radius 1 is 0.390 bits per heavy atom. The van der Waals surface area contributed by atoms with Crippen molar-refractivity contribution in [2.75, 3.05) is 13.2 Å². The van der Waals surface area contributed by atoms with Crippen molar-refractivity contribution in [3.05, 3.63) is 36.5 Å². The molecule has 0 radical (unpaired) electrons. The molecule has 0 aliphatic carbocycles. The van der Waals surface area contributed by atoms with E-state index in [2.05, 4.69) is 50.3 Å². The van der Waals surface area contributed by atoms with Gasteiger partial charge in [0.25, 0.3) is 0 Å². The molecule has 0 aromatic rings. The van der Waals surface area contributed by atoms with Crippen LogP contribution in [-0.4, -0.2) is 36.4 Å². The molecule has 5 heteroatoms. The second-order valence-electron chi connectivity index (χ2n) is 17.6. The van der Waals surface area contributed by atoms with Crippen LogP contribution in [0, 0.1) is 0 Å². The van der Waals surface area contributed by atoms with E-state index in [0.29, 0.717) is 12.8 Å². The Morgan fingerprint density at radius 3 is 1.02 bits per heavy atom. The van der Waals surface area contributed by atoms with E-state index in [1.54, 1.807) is 0 Å². The van der Waals surface area contributed by atoms with Gasteiger partial charge in [0.05, 0.1) is 6.61 Å². The topological polar surface area (TPSA) is 72.8 Å². The molecule has 0 heterocycles. The van der Waals surface area contributed by atoms with Gasteiger partial charge in [-0.25, -0.2) is 0 Å². The lowest BCUT2D eigenvalue weighted by molar-refractivity contribution is -0.161. The summed E-state index contributed by atoms with van der Waals surface area (Å²) in [5.74, 6) is -0.577. The highest BCUT2D eigenvalue weighted by molar-refractivity contribution is 5.70. The number of rotatable bonds is 48. The minimum Gasteiger partial charge on any atom is -0.462 e. The van der Waals surface area contributed by atoms with Crippen molar-refractivity contribution < 1.29 is 24.2 Å². The van der Waals surface area contributed by atoms with Crippen molar-refractivity contribution in [3.63, 3.8) is 0 Å². The van der Waals surface area contributed by atoms with Crippen molar-refractivity contribution in [2.45, 2.75) is 283 Å². The number of carbonyl (C=O) groups is 2. The zero-order valence-electron chi connectivity index (χ0n) is 39.5. The van der Waals surface area contributed by atoms with Gasteiger partial charge in [0.1, 0.15) is 6.61 Å². The molecule has 0 aliphatic rings. The number of hydrogen-bond donors (Lipinski definition) is 1. The Kier molecular flexibility index (Phi) is 48.9. The average Bonchev–Trinajstić information content (AvgIpc) is 3.24. The first-order valence-corrected chi connectivity index (χ1v) is 26.0. The molecule has 0 aromatic carbocycles. The lowest BCUT2D eigenvalue weighted by Crippen LogP contribution is -2.28. The number of ether oxygens (including phenoxy) is 2. The van der Waals surface area contributed by atoms with Crippen LogP contribution in [0.25, 0.3) is 0 Å². The van der Waals surface area contributed by atoms with E-state index in [0.717, 1.165) is 51.4 Å². The predicted octanol–water partition coefficient (Wildman–Crippen LogP) is 17.1. The Hall–Kier alpha value is -1.88. The molecule has 1 N–H and O–H groups in total. The minimum atomic E-state index is -0.768. The molecule has 0 bridgehead atoms. The van der Waals surface area contributed by atoms with Crippen LogP contribution in [-0.2, 0) is 19.1 Å². The summed E-state index contributed by atoms with van der Waals surface area (Å²) in [6, 6.07) is 0. The van der Waals surface area contributed by atoms with Crippen LogP contribution >= 0.6 is 0 Å². The van der Waals surface area contributed by atoms with Gasteiger partial charge in [-0.1, -0.05) is 249 Å². The maximum atomic E-state index is 12.3. The standard InChI is InChI=1S/C54H100O5/c1-3-5-7-9-11-13-15-17-19-20-21-22-23-24-25-26-27-28-29-30-31-32-33-34-35-37-39-41-43-45-47-49-54(57)59-52(50-55)51-58-53(56)48-46-44-42-40-38-36-18-16-14-12-10-8-6-4-2/h15,17,20-21,23-24,52,55H,3-14,16,18-19,22,25-51H2,1-2H3/b17-15-,21-20-,24-23-. The number of aliphatic hydroxyl groups excluding tert-OH is 1. The molecular weight excluding hydrogens is 729 g/mol. The third-order valence-corrected chi connectivity index (χ3v) is 11.7. The molecule has 0 saturated carbocycles. The molecule has 0 spiro atoms. The van der Waals surface area contributed by atoms with E-state index in [1.165, 1.54) is 199 Å². The van der Waals surface area contributed by atoms with Crippen LogP contribution in [0.4, 0.5) is 0 Å². The second-order valence-corrected chi connectivity index (χ2v) is 17.6. The van der Waals surface area contributed by atoms with E-state index >= 15 is 0 Å². The Labute approximate surface area is 367 Å². The third kappa shape index (κ3) is 48.7. The van der Waals surface area contributed by atoms with E-state index in [1.807, 2.05) is 0 Å². The van der Waals surface area contributed by atoms with Crippen molar-refractivity contribution in [1.29, 1.82) is 0 Å². The maximum absolute atomic E-state index is 12.3. The van der Waals surface area contributed by atoms with Crippen LogP contribution < -0.4 is 0 Å². The van der Waals surface area contributed by atoms with Gasteiger partial charge in [-0.2, -0.15) is 0 Å². The number of aliphatic hydroxyl groups is 1. The second kappa shape index (κ2) is 50.5. The molecule has 1 unspecified atom stereocenters. The van der Waals surface area contributed by atoms with E-state index in [9.17, 15) is 14.7 Å². The minimum absolute atomic E-state index is 0.0606. The number of esters is 2. The van der Waals surface area contributed by atoms with E-state index in [-0.39, 0.29) is 25.2 Å². The molecule has 59 heavy (non-hydrogen) atoms. The molecule has 0 saturated heterocycles. The van der Waals surface area contributed by atoms with Gasteiger partial charge in [0, 0.05) is 12.8 Å². The summed E-state index contributed by atoms with van der Waals surface area (Å²) >= 11 is 0. The maximum Gasteiger partial charge on any atom is 0.306 e. The number of carbonyl (C=O) groups excluding carboxylic acids is 2.